The molecule has 0 saturated carbocycles. The van der Waals surface area contributed by atoms with Crippen LogP contribution < -0.4 is 10.1 Å². The fraction of sp³-hybridized carbons (Fsp3) is 0.312. The van der Waals surface area contributed by atoms with E-state index in [0.717, 1.165) is 17.7 Å². The maximum Gasteiger partial charge on any atom is 0.244 e. The molecular weight excluding hydrogens is 238 g/mol. The molecule has 1 rings (SSSR count). The lowest BCUT2D eigenvalue weighted by atomic mass is 10.2. The Hall–Kier alpha value is -2.03. The largest absolute Gasteiger partial charge is 0.493 e. The van der Waals surface area contributed by atoms with Crippen molar-refractivity contribution in [3.63, 3.8) is 0 Å². The molecular formula is C16H21NO2. The van der Waals surface area contributed by atoms with Crippen LogP contribution in [0, 0.1) is 0 Å². The molecule has 19 heavy (non-hydrogen) atoms. The second-order valence-electron chi connectivity index (χ2n) is 3.95. The lowest BCUT2D eigenvalue weighted by Gasteiger charge is -2.06. The predicted molar refractivity (Wildman–Crippen MR) is 79.1 cm³/mol. The third-order valence-electron chi connectivity index (χ3n) is 2.48. The van der Waals surface area contributed by atoms with Gasteiger partial charge in [-0.25, -0.2) is 0 Å². The van der Waals surface area contributed by atoms with Crippen LogP contribution in [0.3, 0.4) is 0 Å². The molecule has 1 aromatic rings. The van der Waals surface area contributed by atoms with Crippen LogP contribution in [0.5, 0.6) is 5.75 Å². The first-order valence-electron chi connectivity index (χ1n) is 6.56. The Morgan fingerprint density at radius 1 is 1.37 bits per heavy atom. The highest BCUT2D eigenvalue weighted by Gasteiger charge is 1.99. The van der Waals surface area contributed by atoms with Crippen molar-refractivity contribution < 1.29 is 9.53 Å². The van der Waals surface area contributed by atoms with Crippen molar-refractivity contribution in [2.45, 2.75) is 20.3 Å². The Bertz CT molecular complexity index is 450. The zero-order valence-corrected chi connectivity index (χ0v) is 11.6. The molecule has 102 valence electrons. The van der Waals surface area contributed by atoms with Gasteiger partial charge in [-0.15, -0.1) is 0 Å². The summed E-state index contributed by atoms with van der Waals surface area (Å²) in [6.07, 6.45) is 8.16. The Morgan fingerprint density at radius 2 is 2.16 bits per heavy atom. The van der Waals surface area contributed by atoms with E-state index in [-0.39, 0.29) is 5.91 Å². The molecule has 1 aromatic carbocycles. The molecule has 0 heterocycles. The molecule has 1 amide bonds. The van der Waals surface area contributed by atoms with Gasteiger partial charge in [0.25, 0.3) is 0 Å². The third kappa shape index (κ3) is 5.91. The number of nitrogens with one attached hydrogen (secondary N) is 1. The van der Waals surface area contributed by atoms with Crippen LogP contribution in [0.2, 0.25) is 0 Å². The molecule has 0 aliphatic rings. The van der Waals surface area contributed by atoms with Gasteiger partial charge in [-0.3, -0.25) is 4.79 Å². The Kier molecular flexibility index (Phi) is 7.10. The Labute approximate surface area is 115 Å². The number of hydrogen-bond acceptors (Lipinski definition) is 2. The van der Waals surface area contributed by atoms with Crippen LogP contribution in [0.4, 0.5) is 0 Å². The number of benzene rings is 1. The topological polar surface area (TPSA) is 38.3 Å². The molecule has 0 aliphatic heterocycles. The van der Waals surface area contributed by atoms with Crippen molar-refractivity contribution in [3.8, 4) is 5.75 Å². The molecule has 3 nitrogen and oxygen atoms in total. The van der Waals surface area contributed by atoms with Gasteiger partial charge in [-0.2, -0.15) is 0 Å². The van der Waals surface area contributed by atoms with E-state index < -0.39 is 0 Å². The number of amides is 1. The van der Waals surface area contributed by atoms with Gasteiger partial charge < -0.3 is 10.1 Å². The van der Waals surface area contributed by atoms with E-state index in [4.69, 9.17) is 4.74 Å². The quantitative estimate of drug-likeness (QED) is 0.464. The minimum absolute atomic E-state index is 0.0872. The van der Waals surface area contributed by atoms with Gasteiger partial charge in [0.1, 0.15) is 5.75 Å². The number of rotatable bonds is 7. The zero-order chi connectivity index (χ0) is 13.9. The fourth-order valence-corrected chi connectivity index (χ4v) is 1.57. The lowest BCUT2D eigenvalue weighted by Crippen LogP contribution is -2.21. The highest BCUT2D eigenvalue weighted by atomic mass is 16.5. The average Bonchev–Trinajstić information content (AvgIpc) is 2.43. The van der Waals surface area contributed by atoms with E-state index in [2.05, 4.69) is 5.32 Å². The summed E-state index contributed by atoms with van der Waals surface area (Å²) >= 11 is 0. The van der Waals surface area contributed by atoms with Crippen molar-refractivity contribution in [2.75, 3.05) is 13.2 Å². The molecule has 0 spiro atoms. The van der Waals surface area contributed by atoms with Crippen LogP contribution in [0.1, 0.15) is 25.8 Å². The highest BCUT2D eigenvalue weighted by Crippen LogP contribution is 2.19. The van der Waals surface area contributed by atoms with Gasteiger partial charge >= 0.3 is 0 Å². The van der Waals surface area contributed by atoms with E-state index in [1.807, 2.05) is 50.3 Å². The Morgan fingerprint density at radius 3 is 2.89 bits per heavy atom. The number of para-hydroxylation sites is 1. The summed E-state index contributed by atoms with van der Waals surface area (Å²) in [5.41, 5.74) is 0.910. The molecule has 0 bridgehead atoms. The second kappa shape index (κ2) is 8.97. The van der Waals surface area contributed by atoms with Gasteiger partial charge in [0.05, 0.1) is 6.61 Å². The molecule has 3 heteroatoms. The molecule has 1 N–H and O–H groups in total. The SMILES string of the molecule is C/C=C/CCNC(=O)/C=C/c1ccccc1OCC. The van der Waals surface area contributed by atoms with E-state index in [1.165, 1.54) is 6.08 Å². The number of ether oxygens (including phenoxy) is 1. The van der Waals surface area contributed by atoms with E-state index in [9.17, 15) is 4.79 Å². The summed E-state index contributed by atoms with van der Waals surface area (Å²) in [5, 5.41) is 2.82. The van der Waals surface area contributed by atoms with Crippen molar-refractivity contribution in [2.24, 2.45) is 0 Å². The third-order valence-corrected chi connectivity index (χ3v) is 2.48. The average molecular weight is 259 g/mol. The smallest absolute Gasteiger partial charge is 0.244 e. The molecule has 0 aromatic heterocycles. The monoisotopic (exact) mass is 259 g/mol. The van der Waals surface area contributed by atoms with Crippen LogP contribution >= 0.6 is 0 Å². The first-order chi connectivity index (χ1) is 9.27. The van der Waals surface area contributed by atoms with Crippen LogP contribution in [-0.4, -0.2) is 19.1 Å². The summed E-state index contributed by atoms with van der Waals surface area (Å²) in [6.45, 7) is 5.17. The van der Waals surface area contributed by atoms with E-state index >= 15 is 0 Å². The van der Waals surface area contributed by atoms with E-state index in [1.54, 1.807) is 6.08 Å². The molecule has 0 aliphatic carbocycles. The van der Waals surface area contributed by atoms with Crippen LogP contribution in [-0.2, 0) is 4.79 Å². The second-order valence-corrected chi connectivity index (χ2v) is 3.95. The van der Waals surface area contributed by atoms with Crippen molar-refractivity contribution in [1.82, 2.24) is 5.32 Å². The number of carbonyl (C=O) groups excluding carboxylic acids is 1. The first-order valence-corrected chi connectivity index (χ1v) is 6.56. The fourth-order valence-electron chi connectivity index (χ4n) is 1.57. The summed E-state index contributed by atoms with van der Waals surface area (Å²) in [5.74, 6) is 0.707. The van der Waals surface area contributed by atoms with Gasteiger partial charge in [-0.05, 0) is 32.4 Å². The molecule has 0 radical (unpaired) electrons. The maximum atomic E-state index is 11.6. The number of hydrogen-bond donors (Lipinski definition) is 1. The Balaban J connectivity index is 2.53. The summed E-state index contributed by atoms with van der Waals surface area (Å²) in [7, 11) is 0. The standard InChI is InChI=1S/C16H21NO2/c1-3-5-8-13-17-16(18)12-11-14-9-6-7-10-15(14)19-4-2/h3,5-7,9-12H,4,8,13H2,1-2H3,(H,17,18)/b5-3+,12-11+. The zero-order valence-electron chi connectivity index (χ0n) is 11.6. The van der Waals surface area contributed by atoms with Crippen LogP contribution in [0.15, 0.2) is 42.5 Å². The van der Waals surface area contributed by atoms with Gasteiger partial charge in [0.15, 0.2) is 0 Å². The molecule has 0 saturated heterocycles. The highest BCUT2D eigenvalue weighted by molar-refractivity contribution is 5.92. The predicted octanol–water partition coefficient (Wildman–Crippen LogP) is 3.18. The van der Waals surface area contributed by atoms with Gasteiger partial charge in [0, 0.05) is 18.2 Å². The minimum atomic E-state index is -0.0872. The number of carbonyl (C=O) groups is 1. The minimum Gasteiger partial charge on any atom is -0.493 e. The first kappa shape index (κ1) is 15.0. The van der Waals surface area contributed by atoms with Crippen molar-refractivity contribution in [3.05, 3.63) is 48.1 Å². The number of allylic oxidation sites excluding steroid dienone is 1. The normalized spacial score (nSPS) is 11.1. The summed E-state index contributed by atoms with van der Waals surface area (Å²) in [4.78, 5) is 11.6. The van der Waals surface area contributed by atoms with Crippen molar-refractivity contribution in [1.29, 1.82) is 0 Å². The summed E-state index contributed by atoms with van der Waals surface area (Å²) < 4.78 is 5.49. The van der Waals surface area contributed by atoms with Crippen molar-refractivity contribution >= 4 is 12.0 Å². The molecule has 0 unspecified atom stereocenters. The lowest BCUT2D eigenvalue weighted by molar-refractivity contribution is -0.116. The maximum absolute atomic E-state index is 11.6. The van der Waals surface area contributed by atoms with Gasteiger partial charge in [-0.1, -0.05) is 30.4 Å². The van der Waals surface area contributed by atoms with Crippen LogP contribution in [0.25, 0.3) is 6.08 Å². The molecule has 0 atom stereocenters. The molecule has 0 fully saturated rings. The van der Waals surface area contributed by atoms with E-state index in [0.29, 0.717) is 13.2 Å². The van der Waals surface area contributed by atoms with Gasteiger partial charge in [0.2, 0.25) is 5.91 Å². The summed E-state index contributed by atoms with van der Waals surface area (Å²) in [6, 6.07) is 7.66.